The van der Waals surface area contributed by atoms with E-state index < -0.39 is 0 Å². The van der Waals surface area contributed by atoms with Gasteiger partial charge < -0.3 is 4.74 Å². The molecule has 1 saturated carbocycles. The minimum atomic E-state index is -0.362. The molecule has 0 radical (unpaired) electrons. The van der Waals surface area contributed by atoms with E-state index in [-0.39, 0.29) is 17.6 Å². The van der Waals surface area contributed by atoms with Crippen LogP contribution in [0.15, 0.2) is 40.5 Å². The molecule has 3 aromatic rings. The number of thiophene rings is 1. The molecule has 0 spiro atoms. The number of aromatic nitrogens is 2. The lowest BCUT2D eigenvalue weighted by Gasteiger charge is -2.14. The van der Waals surface area contributed by atoms with Crippen molar-refractivity contribution >= 4 is 27.5 Å². The van der Waals surface area contributed by atoms with E-state index >= 15 is 0 Å². The standard InChI is InChI=1S/C19H19N3O3S/c1-12-20-18-16(10-11-26-18)19(24)22(12)21-17(23)13-6-8-15(9-7-13)25-14-4-2-3-5-14/h6-11,14H,2-5H2,1H3,(H,21,23). The second kappa shape index (κ2) is 6.92. The Kier molecular flexibility index (Phi) is 4.46. The van der Waals surface area contributed by atoms with Gasteiger partial charge >= 0.3 is 0 Å². The average molecular weight is 369 g/mol. The van der Waals surface area contributed by atoms with Crippen molar-refractivity contribution in [3.63, 3.8) is 0 Å². The Hall–Kier alpha value is -2.67. The van der Waals surface area contributed by atoms with Crippen LogP contribution in [0.2, 0.25) is 0 Å². The number of hydrogen-bond donors (Lipinski definition) is 1. The summed E-state index contributed by atoms with van der Waals surface area (Å²) in [5, 5.41) is 2.31. The van der Waals surface area contributed by atoms with Crippen molar-refractivity contribution in [3.05, 3.63) is 57.5 Å². The fourth-order valence-electron chi connectivity index (χ4n) is 3.20. The Morgan fingerprint density at radius 2 is 1.96 bits per heavy atom. The van der Waals surface area contributed by atoms with Crippen LogP contribution < -0.4 is 15.7 Å². The summed E-state index contributed by atoms with van der Waals surface area (Å²) >= 11 is 1.40. The van der Waals surface area contributed by atoms with Gasteiger partial charge in [0.15, 0.2) is 0 Å². The number of rotatable bonds is 4. The van der Waals surface area contributed by atoms with E-state index in [9.17, 15) is 9.59 Å². The highest BCUT2D eigenvalue weighted by molar-refractivity contribution is 7.16. The van der Waals surface area contributed by atoms with Crippen LogP contribution in [0, 0.1) is 6.92 Å². The molecule has 0 saturated heterocycles. The molecule has 0 atom stereocenters. The van der Waals surface area contributed by atoms with Gasteiger partial charge in [-0.15, -0.1) is 11.3 Å². The summed E-state index contributed by atoms with van der Waals surface area (Å²) in [6, 6.07) is 8.71. The molecule has 2 heterocycles. The quantitative estimate of drug-likeness (QED) is 0.764. The molecule has 1 aliphatic carbocycles. The highest BCUT2D eigenvalue weighted by Crippen LogP contribution is 2.24. The first-order valence-electron chi connectivity index (χ1n) is 8.67. The van der Waals surface area contributed by atoms with Crippen LogP contribution in [-0.2, 0) is 0 Å². The molecule has 0 aliphatic heterocycles. The highest BCUT2D eigenvalue weighted by atomic mass is 32.1. The molecule has 2 aromatic heterocycles. The minimum Gasteiger partial charge on any atom is -0.490 e. The maximum atomic E-state index is 12.5. The maximum Gasteiger partial charge on any atom is 0.281 e. The van der Waals surface area contributed by atoms with E-state index in [0.717, 1.165) is 18.6 Å². The summed E-state index contributed by atoms with van der Waals surface area (Å²) in [5.41, 5.74) is 2.82. The van der Waals surface area contributed by atoms with Gasteiger partial charge in [-0.2, -0.15) is 0 Å². The molecule has 1 amide bonds. The van der Waals surface area contributed by atoms with E-state index in [1.807, 2.05) is 5.38 Å². The van der Waals surface area contributed by atoms with Crippen molar-refractivity contribution < 1.29 is 9.53 Å². The summed E-state index contributed by atoms with van der Waals surface area (Å²) < 4.78 is 7.10. The largest absolute Gasteiger partial charge is 0.490 e. The number of aryl methyl sites for hydroxylation is 1. The van der Waals surface area contributed by atoms with Gasteiger partial charge in [-0.05, 0) is 68.3 Å². The molecule has 7 heteroatoms. The zero-order valence-electron chi connectivity index (χ0n) is 14.4. The van der Waals surface area contributed by atoms with Crippen LogP contribution in [0.4, 0.5) is 0 Å². The van der Waals surface area contributed by atoms with Crippen molar-refractivity contribution in [1.29, 1.82) is 0 Å². The number of carbonyl (C=O) groups is 1. The Bertz CT molecular complexity index is 1000. The molecule has 0 unspecified atom stereocenters. The molecule has 1 aromatic carbocycles. The molecule has 0 bridgehead atoms. The molecule has 1 aliphatic rings. The van der Waals surface area contributed by atoms with Crippen molar-refractivity contribution in [2.75, 3.05) is 5.43 Å². The predicted molar refractivity (Wildman–Crippen MR) is 102 cm³/mol. The number of nitrogens with one attached hydrogen (secondary N) is 1. The topological polar surface area (TPSA) is 73.2 Å². The molecule has 134 valence electrons. The molecule has 4 rings (SSSR count). The van der Waals surface area contributed by atoms with Crippen LogP contribution in [0.25, 0.3) is 10.2 Å². The second-order valence-corrected chi connectivity index (χ2v) is 7.32. The van der Waals surface area contributed by atoms with Gasteiger partial charge in [0.2, 0.25) is 0 Å². The number of nitrogens with zero attached hydrogens (tertiary/aromatic N) is 2. The monoisotopic (exact) mass is 369 g/mol. The molecule has 6 nitrogen and oxygen atoms in total. The third kappa shape index (κ3) is 3.22. The van der Waals surface area contributed by atoms with Gasteiger partial charge in [-0.3, -0.25) is 15.0 Å². The number of carbonyl (C=O) groups excluding carboxylic acids is 1. The molecule has 26 heavy (non-hydrogen) atoms. The summed E-state index contributed by atoms with van der Waals surface area (Å²) in [7, 11) is 0. The number of amides is 1. The first-order valence-corrected chi connectivity index (χ1v) is 9.55. The van der Waals surface area contributed by atoms with Crippen LogP contribution in [0.5, 0.6) is 5.75 Å². The van der Waals surface area contributed by atoms with Gasteiger partial charge in [0.05, 0.1) is 11.5 Å². The SMILES string of the molecule is Cc1nc2sccc2c(=O)n1NC(=O)c1ccc(OC2CCCC2)cc1. The first-order chi connectivity index (χ1) is 12.6. The summed E-state index contributed by atoms with van der Waals surface area (Å²) in [6.45, 7) is 1.69. The third-order valence-corrected chi connectivity index (χ3v) is 5.41. The summed E-state index contributed by atoms with van der Waals surface area (Å²) in [4.78, 5) is 30.1. The van der Waals surface area contributed by atoms with Crippen LogP contribution >= 0.6 is 11.3 Å². The van der Waals surface area contributed by atoms with Crippen LogP contribution in [0.1, 0.15) is 41.9 Å². The number of hydrogen-bond acceptors (Lipinski definition) is 5. The van der Waals surface area contributed by atoms with Gasteiger partial charge in [0.1, 0.15) is 16.4 Å². The molecular formula is C19H19N3O3S. The Balaban J connectivity index is 1.52. The Morgan fingerprint density at radius 3 is 2.69 bits per heavy atom. The summed E-state index contributed by atoms with van der Waals surface area (Å²) in [6.07, 6.45) is 4.87. The fraction of sp³-hybridized carbons (Fsp3) is 0.316. The van der Waals surface area contributed by atoms with E-state index in [1.165, 1.54) is 28.9 Å². The molecular weight excluding hydrogens is 350 g/mol. The predicted octanol–water partition coefficient (Wildman–Crippen LogP) is 3.47. The van der Waals surface area contributed by atoms with Crippen LogP contribution in [-0.4, -0.2) is 21.7 Å². The molecule has 1 N–H and O–H groups in total. The zero-order valence-corrected chi connectivity index (χ0v) is 15.2. The van der Waals surface area contributed by atoms with Crippen molar-refractivity contribution in [1.82, 2.24) is 9.66 Å². The van der Waals surface area contributed by atoms with Crippen molar-refractivity contribution in [3.8, 4) is 5.75 Å². The van der Waals surface area contributed by atoms with Crippen LogP contribution in [0.3, 0.4) is 0 Å². The fourth-order valence-corrected chi connectivity index (χ4v) is 4.00. The van der Waals surface area contributed by atoms with Gasteiger partial charge in [0, 0.05) is 5.56 Å². The van der Waals surface area contributed by atoms with Crippen molar-refractivity contribution in [2.45, 2.75) is 38.7 Å². The van der Waals surface area contributed by atoms with Gasteiger partial charge in [-0.25, -0.2) is 9.66 Å². The van der Waals surface area contributed by atoms with Gasteiger partial charge in [0.25, 0.3) is 11.5 Å². The summed E-state index contributed by atoms with van der Waals surface area (Å²) in [5.74, 6) is 0.849. The average Bonchev–Trinajstić information content (AvgIpc) is 3.31. The van der Waals surface area contributed by atoms with E-state index in [4.69, 9.17) is 4.74 Å². The Labute approximate surface area is 154 Å². The van der Waals surface area contributed by atoms with Gasteiger partial charge in [-0.1, -0.05) is 0 Å². The van der Waals surface area contributed by atoms with E-state index in [1.54, 1.807) is 37.3 Å². The third-order valence-electron chi connectivity index (χ3n) is 4.60. The minimum absolute atomic E-state index is 0.275. The lowest BCUT2D eigenvalue weighted by atomic mass is 10.2. The second-order valence-electron chi connectivity index (χ2n) is 6.43. The van der Waals surface area contributed by atoms with E-state index in [0.29, 0.717) is 21.6 Å². The lowest BCUT2D eigenvalue weighted by molar-refractivity contribution is 0.101. The first kappa shape index (κ1) is 16.8. The Morgan fingerprint density at radius 1 is 1.23 bits per heavy atom. The van der Waals surface area contributed by atoms with Crippen molar-refractivity contribution in [2.24, 2.45) is 0 Å². The number of benzene rings is 1. The highest BCUT2D eigenvalue weighted by Gasteiger charge is 2.17. The molecule has 1 fully saturated rings. The number of fused-ring (bicyclic) bond motifs is 1. The van der Waals surface area contributed by atoms with E-state index in [2.05, 4.69) is 10.4 Å². The number of ether oxygens (including phenoxy) is 1. The zero-order chi connectivity index (χ0) is 18.1. The normalized spacial score (nSPS) is 14.7. The maximum absolute atomic E-state index is 12.5. The smallest absolute Gasteiger partial charge is 0.281 e. The lowest BCUT2D eigenvalue weighted by Crippen LogP contribution is -2.35.